The van der Waals surface area contributed by atoms with Crippen molar-refractivity contribution in [3.63, 3.8) is 0 Å². The summed E-state index contributed by atoms with van der Waals surface area (Å²) in [5.74, 6) is 2.47. The molecule has 0 spiro atoms. The molecule has 2 saturated carbocycles. The van der Waals surface area contributed by atoms with Crippen LogP contribution in [0.25, 0.3) is 22.5 Å². The predicted molar refractivity (Wildman–Crippen MR) is 195 cm³/mol. The lowest BCUT2D eigenvalue weighted by Crippen LogP contribution is -2.23. The number of nitrogens with zero attached hydrogens (tertiary/aromatic N) is 4. The van der Waals surface area contributed by atoms with E-state index in [-0.39, 0.29) is 6.10 Å². The molecule has 47 heavy (non-hydrogen) atoms. The second kappa shape index (κ2) is 20.6. The summed E-state index contributed by atoms with van der Waals surface area (Å²) < 4.78 is 11.9. The highest BCUT2D eigenvalue weighted by Gasteiger charge is 2.20. The van der Waals surface area contributed by atoms with Gasteiger partial charge in [0.15, 0.2) is 5.82 Å². The molecule has 0 atom stereocenters. The van der Waals surface area contributed by atoms with E-state index in [9.17, 15) is 0 Å². The molecule has 2 aromatic carbocycles. The fourth-order valence-corrected chi connectivity index (χ4v) is 5.67. The van der Waals surface area contributed by atoms with Crippen LogP contribution in [0.5, 0.6) is 6.01 Å². The van der Waals surface area contributed by atoms with Gasteiger partial charge in [0.05, 0.1) is 12.7 Å². The minimum absolute atomic E-state index is 0.284. The summed E-state index contributed by atoms with van der Waals surface area (Å²) in [6.07, 6.45) is 17.8. The summed E-state index contributed by atoms with van der Waals surface area (Å²) >= 11 is 0. The van der Waals surface area contributed by atoms with E-state index < -0.39 is 0 Å². The number of benzene rings is 2. The lowest BCUT2D eigenvalue weighted by atomic mass is 9.89. The van der Waals surface area contributed by atoms with Crippen LogP contribution in [0.3, 0.4) is 0 Å². The first-order valence-electron chi connectivity index (χ1n) is 18.0. The summed E-state index contributed by atoms with van der Waals surface area (Å²) in [7, 11) is 0. The van der Waals surface area contributed by atoms with Gasteiger partial charge >= 0.3 is 6.01 Å². The van der Waals surface area contributed by atoms with Crippen molar-refractivity contribution >= 4 is 0 Å². The standard InChI is InChI=1S/C19H24N2O.C18H22N2O.2C2H6/c1-14-3-9-18(10-4-14)22-13-16-5-7-17(8-6-16)19-20-11-15(2)12-21-19;1-13-3-7-15(8-4-13)16-11-19-18(20-12-16)21-17-9-5-14(2)6-10-17;2*1-2/h5-8,11-12,14,18H,3-4,9-10,13H2,1-2H3;3-4,7-8,11-12,14,17H,5-6,9-10H2,1-2H3;2*1-2H3. The molecule has 0 saturated heterocycles. The zero-order valence-corrected chi connectivity index (χ0v) is 30.2. The smallest absolute Gasteiger partial charge is 0.316 e. The highest BCUT2D eigenvalue weighted by atomic mass is 16.5. The first-order chi connectivity index (χ1) is 22.9. The first kappa shape index (κ1) is 37.8. The molecule has 0 N–H and O–H groups in total. The number of hydrogen-bond donors (Lipinski definition) is 0. The maximum atomic E-state index is 6.05. The van der Waals surface area contributed by atoms with Crippen molar-refractivity contribution in [2.24, 2.45) is 11.8 Å². The van der Waals surface area contributed by atoms with Gasteiger partial charge in [0.25, 0.3) is 0 Å². The Bertz CT molecular complexity index is 1370. The molecule has 2 aliphatic rings. The largest absolute Gasteiger partial charge is 0.460 e. The van der Waals surface area contributed by atoms with Crippen LogP contribution in [-0.2, 0) is 11.3 Å². The van der Waals surface area contributed by atoms with E-state index in [0.717, 1.165) is 52.8 Å². The van der Waals surface area contributed by atoms with Crippen LogP contribution >= 0.6 is 0 Å². The van der Waals surface area contributed by atoms with Crippen LogP contribution in [0.15, 0.2) is 73.3 Å². The molecule has 2 fully saturated rings. The fraction of sp³-hybridized carbons (Fsp3) is 0.512. The Hall–Kier alpha value is -3.64. The topological polar surface area (TPSA) is 70.0 Å². The van der Waals surface area contributed by atoms with Crippen LogP contribution in [-0.4, -0.2) is 32.1 Å². The molecule has 6 nitrogen and oxygen atoms in total. The Kier molecular flexibility index (Phi) is 16.5. The second-order valence-corrected chi connectivity index (χ2v) is 12.6. The van der Waals surface area contributed by atoms with Crippen molar-refractivity contribution in [1.82, 2.24) is 19.9 Å². The summed E-state index contributed by atoms with van der Waals surface area (Å²) in [5.41, 5.74) is 6.77. The third-order valence-corrected chi connectivity index (χ3v) is 8.69. The van der Waals surface area contributed by atoms with Crippen molar-refractivity contribution in [3.05, 3.63) is 90.0 Å². The van der Waals surface area contributed by atoms with Gasteiger partial charge in [-0.25, -0.2) is 19.9 Å². The summed E-state index contributed by atoms with van der Waals surface area (Å²) in [5, 5.41) is 0. The van der Waals surface area contributed by atoms with Crippen LogP contribution in [0.4, 0.5) is 0 Å². The van der Waals surface area contributed by atoms with Crippen molar-refractivity contribution in [3.8, 4) is 28.5 Å². The van der Waals surface area contributed by atoms with Gasteiger partial charge in [-0.3, -0.25) is 0 Å². The SMILES string of the molecule is CC.CC.Cc1ccc(-c2cnc(OC3CCC(C)CC3)nc2)cc1.Cc1cnc(-c2ccc(COC3CCC(C)CC3)cc2)nc1. The van der Waals surface area contributed by atoms with Gasteiger partial charge in [-0.1, -0.05) is 95.6 Å². The lowest BCUT2D eigenvalue weighted by molar-refractivity contribution is 0.00878. The normalized spacial score (nSPS) is 20.3. The number of ether oxygens (including phenoxy) is 2. The summed E-state index contributed by atoms with van der Waals surface area (Å²) in [4.78, 5) is 17.4. The van der Waals surface area contributed by atoms with Crippen LogP contribution < -0.4 is 4.74 Å². The molecular weight excluding hydrogens is 580 g/mol. The van der Waals surface area contributed by atoms with Crippen LogP contribution in [0.2, 0.25) is 0 Å². The highest BCUT2D eigenvalue weighted by molar-refractivity contribution is 5.61. The van der Waals surface area contributed by atoms with E-state index in [1.807, 2.05) is 59.4 Å². The quantitative estimate of drug-likeness (QED) is 0.201. The molecule has 6 rings (SSSR count). The van der Waals surface area contributed by atoms with E-state index in [1.165, 1.54) is 49.7 Å². The number of rotatable bonds is 7. The predicted octanol–water partition coefficient (Wildman–Crippen LogP) is 11.0. The van der Waals surface area contributed by atoms with Gasteiger partial charge in [0.1, 0.15) is 6.10 Å². The molecule has 4 aromatic rings. The van der Waals surface area contributed by atoms with E-state index in [1.54, 1.807) is 0 Å². The average Bonchev–Trinajstić information content (AvgIpc) is 3.12. The van der Waals surface area contributed by atoms with Crippen molar-refractivity contribution in [2.45, 2.75) is 126 Å². The molecule has 2 aromatic heterocycles. The Morgan fingerprint density at radius 1 is 0.532 bits per heavy atom. The number of aromatic nitrogens is 4. The molecule has 0 unspecified atom stereocenters. The molecule has 0 bridgehead atoms. The van der Waals surface area contributed by atoms with Crippen molar-refractivity contribution in [2.75, 3.05) is 0 Å². The van der Waals surface area contributed by atoms with Crippen molar-refractivity contribution < 1.29 is 9.47 Å². The molecule has 254 valence electrons. The van der Waals surface area contributed by atoms with Gasteiger partial charge in [-0.05, 0) is 93.7 Å². The average molecular weight is 639 g/mol. The maximum absolute atomic E-state index is 6.05. The first-order valence-corrected chi connectivity index (χ1v) is 18.0. The van der Waals surface area contributed by atoms with Gasteiger partial charge in [-0.15, -0.1) is 0 Å². The van der Waals surface area contributed by atoms with Crippen molar-refractivity contribution in [1.29, 1.82) is 0 Å². The monoisotopic (exact) mass is 638 g/mol. The van der Waals surface area contributed by atoms with Gasteiger partial charge in [0, 0.05) is 35.9 Å². The molecule has 2 aliphatic carbocycles. The summed E-state index contributed by atoms with van der Waals surface area (Å²) in [6, 6.07) is 17.3. The molecule has 0 aliphatic heterocycles. The minimum atomic E-state index is 0.284. The number of hydrogen-bond acceptors (Lipinski definition) is 6. The molecular formula is C41H58N4O2. The Balaban J connectivity index is 0.000000231. The Morgan fingerprint density at radius 3 is 1.55 bits per heavy atom. The lowest BCUT2D eigenvalue weighted by Gasteiger charge is -2.26. The van der Waals surface area contributed by atoms with Gasteiger partial charge < -0.3 is 9.47 Å². The fourth-order valence-electron chi connectivity index (χ4n) is 5.67. The molecule has 0 radical (unpaired) electrons. The van der Waals surface area contributed by atoms with Gasteiger partial charge in [-0.2, -0.15) is 0 Å². The Morgan fingerprint density at radius 2 is 1.02 bits per heavy atom. The number of aryl methyl sites for hydroxylation is 2. The molecule has 6 heteroatoms. The van der Waals surface area contributed by atoms with E-state index >= 15 is 0 Å². The van der Waals surface area contributed by atoms with E-state index in [4.69, 9.17) is 9.47 Å². The minimum Gasteiger partial charge on any atom is -0.460 e. The van der Waals surface area contributed by atoms with Crippen LogP contribution in [0, 0.1) is 25.7 Å². The van der Waals surface area contributed by atoms with E-state index in [0.29, 0.717) is 18.7 Å². The second-order valence-electron chi connectivity index (χ2n) is 12.6. The maximum Gasteiger partial charge on any atom is 0.316 e. The van der Waals surface area contributed by atoms with Crippen LogP contribution in [0.1, 0.15) is 110 Å². The van der Waals surface area contributed by atoms with Gasteiger partial charge in [0.2, 0.25) is 0 Å². The third kappa shape index (κ3) is 12.8. The highest BCUT2D eigenvalue weighted by Crippen LogP contribution is 2.28. The molecule has 0 amide bonds. The van der Waals surface area contributed by atoms with E-state index in [2.05, 4.69) is 89.2 Å². The zero-order valence-electron chi connectivity index (χ0n) is 30.2. The summed E-state index contributed by atoms with van der Waals surface area (Å²) in [6.45, 7) is 17.4. The molecule has 2 heterocycles. The Labute approximate surface area is 284 Å². The third-order valence-electron chi connectivity index (χ3n) is 8.69. The zero-order chi connectivity index (χ0) is 34.0.